The fourth-order valence-electron chi connectivity index (χ4n) is 1.85. The van der Waals surface area contributed by atoms with Crippen LogP contribution in [0.1, 0.15) is 33.6 Å². The minimum Gasteiger partial charge on any atom is -0.481 e. The third kappa shape index (κ3) is 2.98. The molecule has 1 aliphatic rings. The molecule has 0 radical (unpaired) electrons. The van der Waals surface area contributed by atoms with Gasteiger partial charge in [-0.3, -0.25) is 9.69 Å². The van der Waals surface area contributed by atoms with Gasteiger partial charge < -0.3 is 5.11 Å². The normalized spacial score (nSPS) is 20.9. The van der Waals surface area contributed by atoms with Crippen molar-refractivity contribution in [1.29, 1.82) is 0 Å². The summed E-state index contributed by atoms with van der Waals surface area (Å²) in [4.78, 5) is 12.8. The van der Waals surface area contributed by atoms with E-state index in [1.807, 2.05) is 0 Å². The molecule has 3 nitrogen and oxygen atoms in total. The van der Waals surface area contributed by atoms with Crippen molar-refractivity contribution in [1.82, 2.24) is 4.90 Å². The fourth-order valence-corrected chi connectivity index (χ4v) is 1.85. The van der Waals surface area contributed by atoms with E-state index in [4.69, 9.17) is 5.11 Å². The molecule has 1 heterocycles. The zero-order valence-electron chi connectivity index (χ0n) is 9.36. The van der Waals surface area contributed by atoms with E-state index >= 15 is 0 Å². The molecule has 0 aromatic carbocycles. The molecule has 1 unspecified atom stereocenters. The molecule has 1 saturated heterocycles. The highest BCUT2D eigenvalue weighted by molar-refractivity contribution is 5.66. The molecule has 0 bridgehead atoms. The predicted octanol–water partition coefficient (Wildman–Crippen LogP) is 1.83. The number of carboxylic acid groups (broad SMARTS) is 1. The number of aliphatic carboxylic acids is 1. The first-order valence-electron chi connectivity index (χ1n) is 5.46. The Kier molecular flexibility index (Phi) is 3.93. The first kappa shape index (κ1) is 11.5. The summed E-state index contributed by atoms with van der Waals surface area (Å²) in [5.41, 5.74) is 0. The van der Waals surface area contributed by atoms with Crippen molar-refractivity contribution in [3.05, 3.63) is 0 Å². The molecule has 1 aliphatic heterocycles. The Labute approximate surface area is 86.1 Å². The summed E-state index contributed by atoms with van der Waals surface area (Å²) in [7, 11) is 0. The van der Waals surface area contributed by atoms with Gasteiger partial charge >= 0.3 is 5.97 Å². The van der Waals surface area contributed by atoms with Crippen molar-refractivity contribution in [2.24, 2.45) is 11.8 Å². The Bertz CT molecular complexity index is 197. The van der Waals surface area contributed by atoms with E-state index in [-0.39, 0.29) is 0 Å². The van der Waals surface area contributed by atoms with E-state index in [0.717, 1.165) is 31.3 Å². The summed E-state index contributed by atoms with van der Waals surface area (Å²) in [6.07, 6.45) is 1.07. The van der Waals surface area contributed by atoms with Crippen molar-refractivity contribution in [3.63, 3.8) is 0 Å². The summed E-state index contributed by atoms with van der Waals surface area (Å²) in [5.74, 6) is 0.901. The van der Waals surface area contributed by atoms with Crippen LogP contribution in [0.5, 0.6) is 0 Å². The lowest BCUT2D eigenvalue weighted by atomic mass is 9.87. The fraction of sp³-hybridized carbons (Fsp3) is 0.909. The monoisotopic (exact) mass is 199 g/mol. The van der Waals surface area contributed by atoms with Gasteiger partial charge in [-0.25, -0.2) is 0 Å². The Morgan fingerprint density at radius 3 is 2.43 bits per heavy atom. The zero-order chi connectivity index (χ0) is 10.7. The highest BCUT2D eigenvalue weighted by atomic mass is 16.4. The number of carbonyl (C=O) groups is 1. The highest BCUT2D eigenvalue weighted by Crippen LogP contribution is 2.26. The van der Waals surface area contributed by atoms with E-state index in [9.17, 15) is 4.79 Å². The molecule has 0 aromatic heterocycles. The number of hydrogen-bond donors (Lipinski definition) is 1. The van der Waals surface area contributed by atoms with Gasteiger partial charge in [0.1, 0.15) is 0 Å². The standard InChI is InChI=1S/C11H21NO2/c1-8(2)10-6-12(7-10)9(3)4-5-11(13)14/h8-10H,4-7H2,1-3H3,(H,13,14). The SMILES string of the molecule is CC(C)C1CN(C(C)CCC(=O)O)C1. The first-order chi connectivity index (χ1) is 6.50. The number of likely N-dealkylation sites (tertiary alicyclic amines) is 1. The second kappa shape index (κ2) is 4.78. The minimum absolute atomic E-state index is 0.296. The molecule has 1 atom stereocenters. The van der Waals surface area contributed by atoms with Gasteiger partial charge in [-0.05, 0) is 25.2 Å². The first-order valence-corrected chi connectivity index (χ1v) is 5.46. The lowest BCUT2D eigenvalue weighted by Gasteiger charge is -2.45. The van der Waals surface area contributed by atoms with E-state index in [2.05, 4.69) is 25.7 Å². The summed E-state index contributed by atoms with van der Waals surface area (Å²) in [6.45, 7) is 8.93. The van der Waals surface area contributed by atoms with Gasteiger partial charge in [-0.15, -0.1) is 0 Å². The summed E-state index contributed by atoms with van der Waals surface area (Å²) in [6, 6.07) is 0.432. The number of hydrogen-bond acceptors (Lipinski definition) is 2. The molecular formula is C11H21NO2. The molecule has 0 amide bonds. The third-order valence-electron chi connectivity index (χ3n) is 3.28. The van der Waals surface area contributed by atoms with Crippen LogP contribution in [-0.4, -0.2) is 35.1 Å². The van der Waals surface area contributed by atoms with Crippen LogP contribution < -0.4 is 0 Å². The Morgan fingerprint density at radius 1 is 1.43 bits per heavy atom. The lowest BCUT2D eigenvalue weighted by Crippen LogP contribution is -2.52. The Balaban J connectivity index is 2.16. The van der Waals surface area contributed by atoms with Crippen LogP contribution in [0.25, 0.3) is 0 Å². The van der Waals surface area contributed by atoms with Crippen molar-refractivity contribution >= 4 is 5.97 Å². The van der Waals surface area contributed by atoms with E-state index in [1.54, 1.807) is 0 Å². The van der Waals surface area contributed by atoms with Gasteiger partial charge in [0.2, 0.25) is 0 Å². The largest absolute Gasteiger partial charge is 0.481 e. The average molecular weight is 199 g/mol. The van der Waals surface area contributed by atoms with Crippen LogP contribution in [0, 0.1) is 11.8 Å². The van der Waals surface area contributed by atoms with Gasteiger partial charge in [0, 0.05) is 25.6 Å². The van der Waals surface area contributed by atoms with Crippen LogP contribution in [0.2, 0.25) is 0 Å². The average Bonchev–Trinajstić information content (AvgIpc) is 1.97. The summed E-state index contributed by atoms with van der Waals surface area (Å²) < 4.78 is 0. The van der Waals surface area contributed by atoms with E-state index in [0.29, 0.717) is 12.5 Å². The van der Waals surface area contributed by atoms with Crippen LogP contribution in [-0.2, 0) is 4.79 Å². The predicted molar refractivity (Wildman–Crippen MR) is 56.2 cm³/mol. The van der Waals surface area contributed by atoms with Crippen molar-refractivity contribution in [2.75, 3.05) is 13.1 Å². The molecule has 0 spiro atoms. The van der Waals surface area contributed by atoms with Crippen LogP contribution in [0.3, 0.4) is 0 Å². The molecule has 82 valence electrons. The van der Waals surface area contributed by atoms with Gasteiger partial charge in [0.15, 0.2) is 0 Å². The molecule has 1 rings (SSSR count). The van der Waals surface area contributed by atoms with Gasteiger partial charge in [-0.2, -0.15) is 0 Å². The van der Waals surface area contributed by atoms with Crippen LogP contribution in [0.15, 0.2) is 0 Å². The van der Waals surface area contributed by atoms with Gasteiger partial charge in [-0.1, -0.05) is 13.8 Å². The molecule has 0 saturated carbocycles. The van der Waals surface area contributed by atoms with E-state index < -0.39 is 5.97 Å². The maximum absolute atomic E-state index is 10.4. The second-order valence-corrected chi connectivity index (χ2v) is 4.74. The molecule has 3 heteroatoms. The Morgan fingerprint density at radius 2 is 2.00 bits per heavy atom. The number of nitrogens with zero attached hydrogens (tertiary/aromatic N) is 1. The molecule has 14 heavy (non-hydrogen) atoms. The lowest BCUT2D eigenvalue weighted by molar-refractivity contribution is -0.137. The van der Waals surface area contributed by atoms with Crippen molar-refractivity contribution in [3.8, 4) is 0 Å². The number of rotatable bonds is 5. The van der Waals surface area contributed by atoms with Crippen molar-refractivity contribution in [2.45, 2.75) is 39.7 Å². The maximum atomic E-state index is 10.4. The molecule has 0 aromatic rings. The van der Waals surface area contributed by atoms with E-state index in [1.165, 1.54) is 0 Å². The van der Waals surface area contributed by atoms with Crippen LogP contribution >= 0.6 is 0 Å². The van der Waals surface area contributed by atoms with Crippen LogP contribution in [0.4, 0.5) is 0 Å². The van der Waals surface area contributed by atoms with Crippen molar-refractivity contribution < 1.29 is 9.90 Å². The molecular weight excluding hydrogens is 178 g/mol. The zero-order valence-corrected chi connectivity index (χ0v) is 9.36. The highest BCUT2D eigenvalue weighted by Gasteiger charge is 2.31. The molecule has 1 fully saturated rings. The summed E-state index contributed by atoms with van der Waals surface area (Å²) >= 11 is 0. The topological polar surface area (TPSA) is 40.5 Å². The quantitative estimate of drug-likeness (QED) is 0.734. The minimum atomic E-state index is -0.683. The second-order valence-electron chi connectivity index (χ2n) is 4.74. The molecule has 0 aliphatic carbocycles. The summed E-state index contributed by atoms with van der Waals surface area (Å²) in [5, 5.41) is 8.56. The maximum Gasteiger partial charge on any atom is 0.303 e. The third-order valence-corrected chi connectivity index (χ3v) is 3.28. The smallest absolute Gasteiger partial charge is 0.303 e. The van der Waals surface area contributed by atoms with Gasteiger partial charge in [0.25, 0.3) is 0 Å². The van der Waals surface area contributed by atoms with Gasteiger partial charge in [0.05, 0.1) is 0 Å². The number of carboxylic acids is 1. The Hall–Kier alpha value is -0.570. The molecule has 1 N–H and O–H groups in total.